The van der Waals surface area contributed by atoms with Crippen LogP contribution >= 0.6 is 0 Å². The lowest BCUT2D eigenvalue weighted by Crippen LogP contribution is -2.57. The summed E-state index contributed by atoms with van der Waals surface area (Å²) in [6.45, 7) is 4.35. The van der Waals surface area contributed by atoms with E-state index in [-0.39, 0.29) is 30.4 Å². The van der Waals surface area contributed by atoms with Crippen LogP contribution in [0.25, 0.3) is 0 Å². The van der Waals surface area contributed by atoms with E-state index < -0.39 is 0 Å². The third kappa shape index (κ3) is 3.37. The number of hydrogen-bond acceptors (Lipinski definition) is 5. The second kappa shape index (κ2) is 6.84. The van der Waals surface area contributed by atoms with Crippen molar-refractivity contribution >= 4 is 29.1 Å². The highest BCUT2D eigenvalue weighted by Gasteiger charge is 2.36. The van der Waals surface area contributed by atoms with Crippen LogP contribution in [0.1, 0.15) is 30.1 Å². The molecule has 3 saturated heterocycles. The Morgan fingerprint density at radius 1 is 1.22 bits per heavy atom. The van der Waals surface area contributed by atoms with Crippen molar-refractivity contribution in [3.63, 3.8) is 0 Å². The fourth-order valence-electron chi connectivity index (χ4n) is 4.20. The number of piperidine rings is 3. The molecule has 0 radical (unpaired) electrons. The maximum absolute atomic E-state index is 13.1. The van der Waals surface area contributed by atoms with Gasteiger partial charge in [-0.25, -0.2) is 0 Å². The van der Waals surface area contributed by atoms with Crippen LogP contribution in [0, 0.1) is 5.92 Å². The summed E-state index contributed by atoms with van der Waals surface area (Å²) in [5, 5.41) is 5.84. The number of anilines is 2. The lowest BCUT2D eigenvalue weighted by atomic mass is 9.84. The quantitative estimate of drug-likeness (QED) is 0.820. The van der Waals surface area contributed by atoms with Crippen molar-refractivity contribution < 1.29 is 19.1 Å². The van der Waals surface area contributed by atoms with Crippen molar-refractivity contribution in [3.05, 3.63) is 17.7 Å². The summed E-state index contributed by atoms with van der Waals surface area (Å²) in [4.78, 5) is 40.4. The molecule has 1 aromatic rings. The molecule has 8 nitrogen and oxygen atoms in total. The summed E-state index contributed by atoms with van der Waals surface area (Å²) in [6, 6.07) is 3.38. The summed E-state index contributed by atoms with van der Waals surface area (Å²) in [6.07, 6.45) is 2.20. The molecule has 3 amide bonds. The summed E-state index contributed by atoms with van der Waals surface area (Å²) in [5.74, 6) is 0.194. The zero-order valence-electron chi connectivity index (χ0n) is 15.6. The van der Waals surface area contributed by atoms with Crippen LogP contribution in [0.2, 0.25) is 0 Å². The smallest absolute Gasteiger partial charge is 0.264 e. The van der Waals surface area contributed by atoms with Crippen LogP contribution in [0.3, 0.4) is 0 Å². The van der Waals surface area contributed by atoms with Crippen molar-refractivity contribution in [1.82, 2.24) is 10.2 Å². The minimum absolute atomic E-state index is 0.108. The molecule has 8 heteroatoms. The van der Waals surface area contributed by atoms with Gasteiger partial charge in [0, 0.05) is 32.2 Å². The molecular formula is C19H24N4O4. The number of nitrogens with zero attached hydrogens (tertiary/aromatic N) is 2. The van der Waals surface area contributed by atoms with Gasteiger partial charge in [-0.1, -0.05) is 0 Å². The van der Waals surface area contributed by atoms with E-state index >= 15 is 0 Å². The fourth-order valence-corrected chi connectivity index (χ4v) is 4.20. The normalized spacial score (nSPS) is 26.2. The molecule has 4 aliphatic heterocycles. The zero-order chi connectivity index (χ0) is 19.1. The van der Waals surface area contributed by atoms with Crippen molar-refractivity contribution in [2.75, 3.05) is 43.5 Å². The zero-order valence-corrected chi connectivity index (χ0v) is 15.6. The average Bonchev–Trinajstić information content (AvgIpc) is 2.65. The van der Waals surface area contributed by atoms with Crippen molar-refractivity contribution in [3.8, 4) is 5.75 Å². The first-order valence-electron chi connectivity index (χ1n) is 9.30. The standard InChI is InChI=1S/C19H24N4O4/c1-11(24)20-13-7-14(18-16(8-13)22(2)17(25)10-27-18)19(26)21-15-9-23-5-3-12(15)4-6-23/h7-8,12,15H,3-6,9-10H2,1-2H3,(H,20,24)(H,21,26). The van der Waals surface area contributed by atoms with Gasteiger partial charge >= 0.3 is 0 Å². The maximum Gasteiger partial charge on any atom is 0.264 e. The van der Waals surface area contributed by atoms with Crippen LogP contribution in [-0.4, -0.2) is 62.0 Å². The van der Waals surface area contributed by atoms with E-state index in [0.717, 1.165) is 32.5 Å². The maximum atomic E-state index is 13.1. The molecule has 4 heterocycles. The van der Waals surface area contributed by atoms with Gasteiger partial charge in [0.05, 0.1) is 11.3 Å². The second-order valence-electron chi connectivity index (χ2n) is 7.51. The summed E-state index contributed by atoms with van der Waals surface area (Å²) < 4.78 is 5.59. The number of benzene rings is 1. The van der Waals surface area contributed by atoms with Gasteiger partial charge in [0.2, 0.25) is 5.91 Å². The predicted octanol–water partition coefficient (Wildman–Crippen LogP) is 0.824. The number of carbonyl (C=O) groups excluding carboxylic acids is 3. The number of carbonyl (C=O) groups is 3. The predicted molar refractivity (Wildman–Crippen MR) is 100 cm³/mol. The summed E-state index contributed by atoms with van der Waals surface area (Å²) in [5.41, 5.74) is 1.29. The Hall–Kier alpha value is -2.61. The van der Waals surface area contributed by atoms with Gasteiger partial charge < -0.3 is 25.2 Å². The monoisotopic (exact) mass is 372 g/mol. The molecule has 0 aliphatic carbocycles. The van der Waals surface area contributed by atoms with Crippen LogP contribution in [-0.2, 0) is 9.59 Å². The average molecular weight is 372 g/mol. The highest BCUT2D eigenvalue weighted by atomic mass is 16.5. The first-order valence-corrected chi connectivity index (χ1v) is 9.30. The molecule has 0 spiro atoms. The Kier molecular flexibility index (Phi) is 4.51. The van der Waals surface area contributed by atoms with Crippen molar-refractivity contribution in [2.45, 2.75) is 25.8 Å². The van der Waals surface area contributed by atoms with Crippen molar-refractivity contribution in [1.29, 1.82) is 0 Å². The van der Waals surface area contributed by atoms with E-state index in [1.807, 2.05) is 0 Å². The molecule has 0 saturated carbocycles. The molecule has 3 fully saturated rings. The number of hydrogen-bond donors (Lipinski definition) is 2. The molecule has 4 aliphatic rings. The Morgan fingerprint density at radius 2 is 1.96 bits per heavy atom. The third-order valence-electron chi connectivity index (χ3n) is 5.68. The van der Waals surface area contributed by atoms with Crippen molar-refractivity contribution in [2.24, 2.45) is 5.92 Å². The lowest BCUT2D eigenvalue weighted by Gasteiger charge is -2.45. The van der Waals surface area contributed by atoms with E-state index in [4.69, 9.17) is 4.74 Å². The van der Waals surface area contributed by atoms with Crippen LogP contribution < -0.4 is 20.3 Å². The number of ether oxygens (including phenoxy) is 1. The first kappa shape index (κ1) is 17.8. The number of likely N-dealkylation sites (N-methyl/N-ethyl adjacent to an activating group) is 1. The van der Waals surface area contributed by atoms with Gasteiger partial charge in [-0.2, -0.15) is 0 Å². The van der Waals surface area contributed by atoms with Crippen LogP contribution in [0.5, 0.6) is 5.75 Å². The molecule has 0 aromatic heterocycles. The molecule has 1 unspecified atom stereocenters. The Morgan fingerprint density at radius 3 is 2.59 bits per heavy atom. The second-order valence-corrected chi connectivity index (χ2v) is 7.51. The lowest BCUT2D eigenvalue weighted by molar-refractivity contribution is -0.121. The van der Waals surface area contributed by atoms with E-state index in [9.17, 15) is 14.4 Å². The van der Waals surface area contributed by atoms with E-state index in [0.29, 0.717) is 28.6 Å². The number of nitrogens with one attached hydrogen (secondary N) is 2. The van der Waals surface area contributed by atoms with Gasteiger partial charge in [-0.15, -0.1) is 0 Å². The molecule has 1 aromatic carbocycles. The Bertz CT molecular complexity index is 801. The minimum Gasteiger partial charge on any atom is -0.481 e. The Labute approximate surface area is 157 Å². The number of rotatable bonds is 3. The topological polar surface area (TPSA) is 91.0 Å². The summed E-state index contributed by atoms with van der Waals surface area (Å²) in [7, 11) is 1.64. The van der Waals surface area contributed by atoms with E-state index in [1.165, 1.54) is 11.8 Å². The van der Waals surface area contributed by atoms with Crippen LogP contribution in [0.15, 0.2) is 12.1 Å². The molecule has 144 valence electrons. The molecule has 5 rings (SSSR count). The van der Waals surface area contributed by atoms with E-state index in [1.54, 1.807) is 19.2 Å². The third-order valence-corrected chi connectivity index (χ3v) is 5.68. The van der Waals surface area contributed by atoms with E-state index in [2.05, 4.69) is 15.5 Å². The first-order chi connectivity index (χ1) is 12.9. The minimum atomic E-state index is -0.246. The molecule has 2 bridgehead atoms. The van der Waals surface area contributed by atoms with Gasteiger partial charge in [0.15, 0.2) is 12.4 Å². The molecule has 1 atom stereocenters. The number of amides is 3. The Balaban J connectivity index is 1.65. The highest BCUT2D eigenvalue weighted by molar-refractivity contribution is 6.06. The van der Waals surface area contributed by atoms with Gasteiger partial charge in [0.1, 0.15) is 0 Å². The van der Waals surface area contributed by atoms with Gasteiger partial charge in [-0.05, 0) is 44.0 Å². The fraction of sp³-hybridized carbons (Fsp3) is 0.526. The largest absolute Gasteiger partial charge is 0.481 e. The molecule has 27 heavy (non-hydrogen) atoms. The summed E-state index contributed by atoms with van der Waals surface area (Å²) >= 11 is 0. The number of fused-ring (bicyclic) bond motifs is 4. The highest BCUT2D eigenvalue weighted by Crippen LogP contribution is 2.38. The van der Waals surface area contributed by atoms with Gasteiger partial charge in [0.25, 0.3) is 11.8 Å². The van der Waals surface area contributed by atoms with Crippen LogP contribution in [0.4, 0.5) is 11.4 Å². The molecule has 2 N–H and O–H groups in total. The molecular weight excluding hydrogens is 348 g/mol. The van der Waals surface area contributed by atoms with Gasteiger partial charge in [-0.3, -0.25) is 14.4 Å². The SMILES string of the molecule is CC(=O)Nc1cc(C(=O)NC2CN3CCC2CC3)c2c(c1)N(C)C(=O)CO2.